The number of rotatable bonds is 5. The summed E-state index contributed by atoms with van der Waals surface area (Å²) < 4.78 is 0. The average Bonchev–Trinajstić information content (AvgIpc) is 3.27. The highest BCUT2D eigenvalue weighted by Gasteiger charge is 2.64. The molecule has 2 saturated heterocycles. The summed E-state index contributed by atoms with van der Waals surface area (Å²) in [5.41, 5.74) is 4.70. The molecule has 2 aromatic rings. The van der Waals surface area contributed by atoms with Crippen LogP contribution in [0.4, 0.5) is 11.4 Å². The number of fused-ring (bicyclic) bond motifs is 5. The molecule has 0 bridgehead atoms. The van der Waals surface area contributed by atoms with Crippen molar-refractivity contribution in [3.05, 3.63) is 64.7 Å². The molecule has 1 N–H and O–H groups in total. The van der Waals surface area contributed by atoms with E-state index in [0.717, 1.165) is 35.2 Å². The Morgan fingerprint density at radius 2 is 1.74 bits per heavy atom. The molecule has 2 aromatic carbocycles. The molecule has 3 heterocycles. The van der Waals surface area contributed by atoms with Crippen LogP contribution in [0.5, 0.6) is 0 Å². The van der Waals surface area contributed by atoms with Gasteiger partial charge in [-0.2, -0.15) is 0 Å². The Bertz CT molecular complexity index is 1210. The number of likely N-dealkylation sites (tertiary alicyclic amines) is 1. The molecule has 0 saturated carbocycles. The molecule has 0 aromatic heterocycles. The SMILES string of the molecule is CCCCN1C(=O)[C@@H]2[C@H](C1=O)[C@@H](C(=O)Nc1ccc(Cl)cc1)N1c3ccc(C)cc3C(C)=C[C@H]21. The second-order valence-electron chi connectivity index (χ2n) is 9.44. The van der Waals surface area contributed by atoms with Crippen LogP contribution in [-0.4, -0.2) is 41.2 Å². The molecular weight excluding hydrogens is 450 g/mol. The quantitative estimate of drug-likeness (QED) is 0.636. The lowest BCUT2D eigenvalue weighted by molar-refractivity contribution is -0.141. The van der Waals surface area contributed by atoms with Crippen LogP contribution in [0, 0.1) is 18.8 Å². The van der Waals surface area contributed by atoms with Crippen molar-refractivity contribution >= 4 is 46.3 Å². The number of unbranched alkanes of at least 4 members (excludes halogenated alkanes) is 1. The lowest BCUT2D eigenvalue weighted by Crippen LogP contribution is -2.50. The molecule has 7 heteroatoms. The maximum atomic E-state index is 13.7. The fraction of sp³-hybridized carbons (Fsp3) is 0.370. The number of carbonyl (C=O) groups excluding carboxylic acids is 3. The van der Waals surface area contributed by atoms with Gasteiger partial charge < -0.3 is 10.2 Å². The molecule has 0 spiro atoms. The minimum Gasteiger partial charge on any atom is -0.351 e. The standard InChI is InChI=1S/C27H28ClN3O3/c1-4-5-12-30-26(33)22-21-14-16(3)19-13-15(2)6-11-20(19)31(21)24(23(22)27(30)34)25(32)29-18-9-7-17(28)8-10-18/h6-11,13-14,21-24H,4-5,12H2,1-3H3,(H,29,32)/t21-,22+,23+,24+/m1/s1. The van der Waals surface area contributed by atoms with E-state index in [2.05, 4.69) is 17.5 Å². The van der Waals surface area contributed by atoms with Crippen molar-refractivity contribution in [1.82, 2.24) is 4.90 Å². The minimum atomic E-state index is -0.792. The molecule has 0 radical (unpaired) electrons. The van der Waals surface area contributed by atoms with Gasteiger partial charge in [-0.1, -0.05) is 42.7 Å². The first-order chi connectivity index (χ1) is 16.3. The Balaban J connectivity index is 1.59. The summed E-state index contributed by atoms with van der Waals surface area (Å²) in [7, 11) is 0. The van der Waals surface area contributed by atoms with Gasteiger partial charge in [0, 0.05) is 28.5 Å². The largest absolute Gasteiger partial charge is 0.351 e. The number of amides is 3. The van der Waals surface area contributed by atoms with Gasteiger partial charge in [0.15, 0.2) is 0 Å². The number of nitrogens with zero attached hydrogens (tertiary/aromatic N) is 2. The van der Waals surface area contributed by atoms with Crippen LogP contribution in [0.2, 0.25) is 5.02 Å². The third-order valence-corrected chi connectivity index (χ3v) is 7.46. The molecule has 6 nitrogen and oxygen atoms in total. The normalized spacial score (nSPS) is 25.1. The van der Waals surface area contributed by atoms with Crippen LogP contribution in [0.1, 0.15) is 37.8 Å². The summed E-state index contributed by atoms with van der Waals surface area (Å²) >= 11 is 6.00. The zero-order chi connectivity index (χ0) is 24.1. The highest BCUT2D eigenvalue weighted by atomic mass is 35.5. The van der Waals surface area contributed by atoms with Gasteiger partial charge in [-0.05, 0) is 62.2 Å². The van der Waals surface area contributed by atoms with E-state index >= 15 is 0 Å². The predicted octanol–water partition coefficient (Wildman–Crippen LogP) is 4.66. The first kappa shape index (κ1) is 22.7. The fourth-order valence-electron chi connectivity index (χ4n) is 5.60. The van der Waals surface area contributed by atoms with Gasteiger partial charge in [-0.15, -0.1) is 0 Å². The third-order valence-electron chi connectivity index (χ3n) is 7.21. The molecule has 2 fully saturated rings. The summed E-state index contributed by atoms with van der Waals surface area (Å²) in [5.74, 6) is -2.00. The highest BCUT2D eigenvalue weighted by molar-refractivity contribution is 6.30. The first-order valence-electron chi connectivity index (χ1n) is 11.8. The van der Waals surface area contributed by atoms with Gasteiger partial charge in [0.2, 0.25) is 17.7 Å². The van der Waals surface area contributed by atoms with Crippen molar-refractivity contribution in [3.63, 3.8) is 0 Å². The fourth-order valence-corrected chi connectivity index (χ4v) is 5.73. The number of benzene rings is 2. The summed E-state index contributed by atoms with van der Waals surface area (Å²) in [6, 6.07) is 11.8. The van der Waals surface area contributed by atoms with Crippen LogP contribution in [0.25, 0.3) is 5.57 Å². The summed E-state index contributed by atoms with van der Waals surface area (Å²) in [6.45, 7) is 6.49. The topological polar surface area (TPSA) is 69.7 Å². The summed E-state index contributed by atoms with van der Waals surface area (Å²) in [4.78, 5) is 44.2. The van der Waals surface area contributed by atoms with Crippen LogP contribution in [0.15, 0.2) is 48.5 Å². The number of hydrogen-bond acceptors (Lipinski definition) is 4. The smallest absolute Gasteiger partial charge is 0.247 e. The molecule has 3 amide bonds. The molecule has 3 aliphatic heterocycles. The zero-order valence-electron chi connectivity index (χ0n) is 19.5. The lowest BCUT2D eigenvalue weighted by Gasteiger charge is -2.38. The van der Waals surface area contributed by atoms with Gasteiger partial charge in [-0.3, -0.25) is 19.3 Å². The summed E-state index contributed by atoms with van der Waals surface area (Å²) in [5, 5.41) is 3.53. The Morgan fingerprint density at radius 1 is 1.03 bits per heavy atom. The van der Waals surface area contributed by atoms with E-state index in [1.807, 2.05) is 37.8 Å². The van der Waals surface area contributed by atoms with Crippen LogP contribution < -0.4 is 10.2 Å². The van der Waals surface area contributed by atoms with Gasteiger partial charge in [0.1, 0.15) is 6.04 Å². The van der Waals surface area contributed by atoms with Crippen molar-refractivity contribution in [2.24, 2.45) is 11.8 Å². The van der Waals surface area contributed by atoms with Crippen LogP contribution in [0.3, 0.4) is 0 Å². The first-order valence-corrected chi connectivity index (χ1v) is 12.2. The van der Waals surface area contributed by atoms with Gasteiger partial charge in [0.05, 0.1) is 17.9 Å². The molecule has 3 aliphatic rings. The molecule has 34 heavy (non-hydrogen) atoms. The zero-order valence-corrected chi connectivity index (χ0v) is 20.3. The summed E-state index contributed by atoms with van der Waals surface area (Å²) in [6.07, 6.45) is 3.70. The molecule has 4 atom stereocenters. The Labute approximate surface area is 204 Å². The maximum absolute atomic E-state index is 13.7. The number of nitrogens with one attached hydrogen (secondary N) is 1. The molecule has 176 valence electrons. The predicted molar refractivity (Wildman–Crippen MR) is 134 cm³/mol. The Kier molecular flexibility index (Phi) is 5.72. The lowest BCUT2D eigenvalue weighted by atomic mass is 9.87. The van der Waals surface area contributed by atoms with Crippen LogP contribution >= 0.6 is 11.6 Å². The van der Waals surface area contributed by atoms with E-state index in [4.69, 9.17) is 11.6 Å². The second kappa shape index (κ2) is 8.58. The Hall–Kier alpha value is -3.12. The number of imide groups is 1. The number of allylic oxidation sites excluding steroid dienone is 1. The molecule has 0 aliphatic carbocycles. The van der Waals surface area contributed by atoms with E-state index in [0.29, 0.717) is 17.3 Å². The third kappa shape index (κ3) is 3.52. The number of hydrogen-bond donors (Lipinski definition) is 1. The second-order valence-corrected chi connectivity index (χ2v) is 9.88. The van der Waals surface area contributed by atoms with Crippen molar-refractivity contribution in [2.75, 3.05) is 16.8 Å². The number of halogens is 1. The van der Waals surface area contributed by atoms with Gasteiger partial charge in [-0.25, -0.2) is 0 Å². The highest BCUT2D eigenvalue weighted by Crippen LogP contribution is 2.50. The minimum absolute atomic E-state index is 0.167. The van der Waals surface area contributed by atoms with E-state index < -0.39 is 17.9 Å². The van der Waals surface area contributed by atoms with Crippen molar-refractivity contribution in [1.29, 1.82) is 0 Å². The average molecular weight is 478 g/mol. The number of carbonyl (C=O) groups is 3. The van der Waals surface area contributed by atoms with Crippen molar-refractivity contribution in [2.45, 2.75) is 45.7 Å². The maximum Gasteiger partial charge on any atom is 0.247 e. The van der Waals surface area contributed by atoms with Crippen molar-refractivity contribution in [3.8, 4) is 0 Å². The molecule has 0 unspecified atom stereocenters. The van der Waals surface area contributed by atoms with Crippen LogP contribution in [-0.2, 0) is 14.4 Å². The molecule has 5 rings (SSSR count). The number of anilines is 2. The number of aryl methyl sites for hydroxylation is 1. The van der Waals surface area contributed by atoms with Crippen molar-refractivity contribution < 1.29 is 14.4 Å². The van der Waals surface area contributed by atoms with Gasteiger partial charge in [0.25, 0.3) is 0 Å². The van der Waals surface area contributed by atoms with E-state index in [9.17, 15) is 14.4 Å². The molecular formula is C27H28ClN3O3. The van der Waals surface area contributed by atoms with E-state index in [1.165, 1.54) is 4.90 Å². The monoisotopic (exact) mass is 477 g/mol. The van der Waals surface area contributed by atoms with Gasteiger partial charge >= 0.3 is 0 Å². The Morgan fingerprint density at radius 3 is 2.44 bits per heavy atom. The van der Waals surface area contributed by atoms with E-state index in [-0.39, 0.29) is 23.8 Å². The van der Waals surface area contributed by atoms with E-state index in [1.54, 1.807) is 24.3 Å².